The molecular weight excluding hydrogens is 503 g/mol. The maximum Gasteiger partial charge on any atom is 3.00 e. The zero-order chi connectivity index (χ0) is 20.2. The summed E-state index contributed by atoms with van der Waals surface area (Å²) in [4.78, 5) is 0. The first-order valence-electron chi connectivity index (χ1n) is 10.1. The smallest absolute Gasteiger partial charge is 1.00 e. The van der Waals surface area contributed by atoms with Gasteiger partial charge in [0, 0.05) is 0 Å². The zero-order valence-electron chi connectivity index (χ0n) is 19.9. The van der Waals surface area contributed by atoms with E-state index in [2.05, 4.69) is 110 Å². The minimum Gasteiger partial charge on any atom is -1.00 e. The van der Waals surface area contributed by atoms with Crippen LogP contribution in [0.25, 0.3) is 21.9 Å². The summed E-state index contributed by atoms with van der Waals surface area (Å²) in [5.41, 5.74) is 5.81. The molecule has 0 aliphatic heterocycles. The minimum absolute atomic E-state index is 0. The van der Waals surface area contributed by atoms with Gasteiger partial charge < -0.3 is 24.8 Å². The maximum absolute atomic E-state index is 2.42. The molecule has 0 amide bonds. The summed E-state index contributed by atoms with van der Waals surface area (Å²) in [5, 5.41) is 4.26. The Kier molecular flexibility index (Phi) is 10.0. The molecule has 3 aromatic rings. The van der Waals surface area contributed by atoms with Crippen molar-refractivity contribution in [2.24, 2.45) is 0 Å². The second kappa shape index (κ2) is 10.1. The Balaban J connectivity index is 0.00000280. The Labute approximate surface area is 216 Å². The van der Waals surface area contributed by atoms with Crippen LogP contribution < -0.4 is 30.0 Å². The van der Waals surface area contributed by atoms with Crippen LogP contribution in [-0.2, 0) is 37.0 Å². The Morgan fingerprint density at radius 1 is 0.700 bits per heavy atom. The molecule has 0 aliphatic carbocycles. The molecule has 0 fully saturated rings. The van der Waals surface area contributed by atoms with E-state index in [1.54, 1.807) is 0 Å². The molecule has 3 aromatic carbocycles. The Bertz CT molecular complexity index is 951. The van der Waals surface area contributed by atoms with Gasteiger partial charge in [0.15, 0.2) is 0 Å². The van der Waals surface area contributed by atoms with Crippen molar-refractivity contribution in [1.29, 1.82) is 0 Å². The van der Waals surface area contributed by atoms with Gasteiger partial charge in [-0.15, -0.1) is 34.5 Å². The number of fused-ring (bicyclic) bond motifs is 1. The maximum atomic E-state index is 2.42. The van der Waals surface area contributed by atoms with Crippen LogP contribution in [0.1, 0.15) is 52.7 Å². The van der Waals surface area contributed by atoms with E-state index < -0.39 is 8.07 Å². The van der Waals surface area contributed by atoms with E-state index in [9.17, 15) is 0 Å². The minimum atomic E-state index is -1.29. The van der Waals surface area contributed by atoms with E-state index in [1.807, 2.05) is 0 Å². The van der Waals surface area contributed by atoms with Crippen LogP contribution in [0.5, 0.6) is 0 Å². The van der Waals surface area contributed by atoms with Crippen molar-refractivity contribution in [2.75, 3.05) is 0 Å². The molecule has 0 spiro atoms. The third-order valence-corrected chi connectivity index (χ3v) is 7.62. The first-order chi connectivity index (χ1) is 12.2. The van der Waals surface area contributed by atoms with Gasteiger partial charge in [0.25, 0.3) is 0 Å². The third-order valence-electron chi connectivity index (χ3n) is 5.57. The van der Waals surface area contributed by atoms with Gasteiger partial charge in [-0.1, -0.05) is 102 Å². The number of hydrogen-bond acceptors (Lipinski definition) is 0. The molecule has 0 N–H and O–H groups in total. The SMILES string of the molecule is CC(C)(C)c1cc(-c2cc3cc([Si](C)(C)C)ccc3[cH-]2)cc(C(C)(C)C)c1.[Cl-].[Cl-].[Zr+3]. The van der Waals surface area contributed by atoms with E-state index in [0.717, 1.165) is 0 Å². The average molecular weight is 538 g/mol. The van der Waals surface area contributed by atoms with Crippen LogP contribution >= 0.6 is 0 Å². The Morgan fingerprint density at radius 3 is 1.63 bits per heavy atom. The number of benzene rings is 2. The quantitative estimate of drug-likeness (QED) is 0.342. The summed E-state index contributed by atoms with van der Waals surface area (Å²) in [5.74, 6) is 0. The van der Waals surface area contributed by atoms with E-state index in [0.29, 0.717) is 0 Å². The van der Waals surface area contributed by atoms with Crippen LogP contribution in [0.15, 0.2) is 48.5 Å². The molecule has 0 aromatic heterocycles. The van der Waals surface area contributed by atoms with E-state index in [4.69, 9.17) is 0 Å². The fourth-order valence-electron chi connectivity index (χ4n) is 3.50. The Morgan fingerprint density at radius 2 is 1.20 bits per heavy atom. The van der Waals surface area contributed by atoms with Gasteiger partial charge in [-0.05, 0) is 22.0 Å². The van der Waals surface area contributed by atoms with E-state index in [1.165, 1.54) is 38.2 Å². The molecule has 30 heavy (non-hydrogen) atoms. The van der Waals surface area contributed by atoms with Crippen LogP contribution in [0.3, 0.4) is 0 Å². The predicted octanol–water partition coefficient (Wildman–Crippen LogP) is 1.37. The largest absolute Gasteiger partial charge is 3.00 e. The summed E-state index contributed by atoms with van der Waals surface area (Å²) < 4.78 is 0. The molecular formula is C26H35Cl2SiZr. The zero-order valence-corrected chi connectivity index (χ0v) is 24.8. The van der Waals surface area contributed by atoms with Gasteiger partial charge in [-0.2, -0.15) is 0 Å². The summed E-state index contributed by atoms with van der Waals surface area (Å²) >= 11 is 0. The van der Waals surface area contributed by atoms with Gasteiger partial charge in [0.05, 0.1) is 8.07 Å². The normalized spacial score (nSPS) is 12.0. The molecule has 161 valence electrons. The van der Waals surface area contributed by atoms with Gasteiger partial charge in [0.1, 0.15) is 0 Å². The first kappa shape index (κ1) is 29.7. The topological polar surface area (TPSA) is 0 Å². The molecule has 0 bridgehead atoms. The average Bonchev–Trinajstić information content (AvgIpc) is 2.95. The van der Waals surface area contributed by atoms with Crippen LogP contribution in [0.4, 0.5) is 0 Å². The van der Waals surface area contributed by atoms with E-state index >= 15 is 0 Å². The fraction of sp³-hybridized carbons (Fsp3) is 0.423. The molecule has 0 unspecified atom stereocenters. The number of rotatable bonds is 2. The molecule has 0 heterocycles. The second-order valence-corrected chi connectivity index (χ2v) is 16.2. The predicted molar refractivity (Wildman–Crippen MR) is 125 cm³/mol. The molecule has 0 saturated heterocycles. The molecule has 3 rings (SSSR count). The van der Waals surface area contributed by atoms with Crippen LogP contribution in [0, 0.1) is 0 Å². The first-order valence-corrected chi connectivity index (χ1v) is 13.6. The summed E-state index contributed by atoms with van der Waals surface area (Å²) in [7, 11) is -1.29. The third kappa shape index (κ3) is 6.61. The van der Waals surface area contributed by atoms with Gasteiger partial charge in [0.2, 0.25) is 0 Å². The van der Waals surface area contributed by atoms with Gasteiger partial charge >= 0.3 is 26.2 Å². The molecule has 0 nitrogen and oxygen atoms in total. The van der Waals surface area contributed by atoms with Crippen LogP contribution in [0.2, 0.25) is 19.6 Å². The van der Waals surface area contributed by atoms with Gasteiger partial charge in [-0.25, -0.2) is 0 Å². The Hall–Kier alpha value is -0.270. The monoisotopic (exact) mass is 535 g/mol. The summed E-state index contributed by atoms with van der Waals surface area (Å²) in [6.45, 7) is 21.1. The second-order valence-electron chi connectivity index (χ2n) is 11.1. The van der Waals surface area contributed by atoms with Crippen molar-refractivity contribution in [3.8, 4) is 11.1 Å². The molecule has 0 aliphatic rings. The standard InChI is InChI=1S/C26H35Si.2ClH.Zr/c1-25(2,3)22-14-21(15-23(17-22)26(4,5)6)19-12-18-10-11-24(27(7,8)9)16-20(18)13-19;;;/h10-17H,1-9H3;2*1H;/q-1;;;+3/p-2. The molecule has 4 heteroatoms. The molecule has 0 saturated carbocycles. The number of hydrogen-bond donors (Lipinski definition) is 0. The molecule has 1 radical (unpaired) electrons. The fourth-order valence-corrected chi connectivity index (χ4v) is 4.67. The van der Waals surface area contributed by atoms with Crippen molar-refractivity contribution in [3.05, 3.63) is 59.7 Å². The number of halogens is 2. The van der Waals surface area contributed by atoms with Crippen molar-refractivity contribution < 1.29 is 51.0 Å². The molecule has 0 atom stereocenters. The van der Waals surface area contributed by atoms with Gasteiger partial charge in [-0.3, -0.25) is 0 Å². The summed E-state index contributed by atoms with van der Waals surface area (Å²) in [6.07, 6.45) is 0. The van der Waals surface area contributed by atoms with Crippen molar-refractivity contribution in [2.45, 2.75) is 72.0 Å². The van der Waals surface area contributed by atoms with E-state index in [-0.39, 0.29) is 61.8 Å². The van der Waals surface area contributed by atoms with Crippen LogP contribution in [-0.4, -0.2) is 8.07 Å². The van der Waals surface area contributed by atoms with Crippen molar-refractivity contribution in [1.82, 2.24) is 0 Å². The van der Waals surface area contributed by atoms with Crippen molar-refractivity contribution >= 4 is 24.0 Å². The summed E-state index contributed by atoms with van der Waals surface area (Å²) in [6, 6.07) is 19.0. The van der Waals surface area contributed by atoms with Crippen molar-refractivity contribution in [3.63, 3.8) is 0 Å².